The average Bonchev–Trinajstić information content (AvgIpc) is 3.47. The molecule has 1 aromatic rings. The summed E-state index contributed by atoms with van der Waals surface area (Å²) in [6.45, 7) is 5.99. The molecule has 1 fully saturated rings. The Morgan fingerprint density at radius 1 is 1.22 bits per heavy atom. The lowest BCUT2D eigenvalue weighted by Crippen LogP contribution is -2.48. The molecule has 7 nitrogen and oxygen atoms in total. The molecule has 1 saturated carbocycles. The minimum atomic E-state index is -0.361. The van der Waals surface area contributed by atoms with Crippen molar-refractivity contribution in [3.05, 3.63) is 29.8 Å². The highest BCUT2D eigenvalue weighted by Gasteiger charge is 2.32. The molecule has 0 saturated heterocycles. The number of guanidine groups is 1. The Labute approximate surface area is 178 Å². The van der Waals surface area contributed by atoms with E-state index in [-0.39, 0.29) is 36.1 Å². The van der Waals surface area contributed by atoms with Crippen LogP contribution < -0.4 is 20.7 Å². The number of hydrogen-bond donors (Lipinski definition) is 3. The molecule has 0 spiro atoms. The van der Waals surface area contributed by atoms with Crippen LogP contribution in [0.4, 0.5) is 4.79 Å². The first-order valence-electron chi connectivity index (χ1n) is 9.26. The van der Waals surface area contributed by atoms with Crippen molar-refractivity contribution in [2.45, 2.75) is 39.3 Å². The summed E-state index contributed by atoms with van der Waals surface area (Å²) >= 11 is 0. The lowest BCUT2D eigenvalue weighted by atomic mass is 10.2. The standard InChI is InChI=1S/C19H30N4O3.HI/c1-4-25-17-9-7-6-8-15(17)12-21-18(20-3)22-13-16(14-10-11-14)23-19(24)26-5-2;/h6-9,14,16H,4-5,10-13H2,1-3H3,(H,23,24)(H2,20,21,22);1H. The number of hydrogen-bond acceptors (Lipinski definition) is 4. The van der Waals surface area contributed by atoms with E-state index in [9.17, 15) is 4.79 Å². The van der Waals surface area contributed by atoms with Gasteiger partial charge in [-0.2, -0.15) is 0 Å². The molecule has 1 aromatic carbocycles. The van der Waals surface area contributed by atoms with Crippen LogP contribution in [0.15, 0.2) is 29.3 Å². The number of halogens is 1. The summed E-state index contributed by atoms with van der Waals surface area (Å²) in [7, 11) is 1.73. The fourth-order valence-electron chi connectivity index (χ4n) is 2.71. The summed E-state index contributed by atoms with van der Waals surface area (Å²) in [4.78, 5) is 15.9. The van der Waals surface area contributed by atoms with E-state index < -0.39 is 0 Å². The number of nitrogens with zero attached hydrogens (tertiary/aromatic N) is 1. The van der Waals surface area contributed by atoms with E-state index in [0.29, 0.717) is 38.2 Å². The van der Waals surface area contributed by atoms with Crippen molar-refractivity contribution in [3.63, 3.8) is 0 Å². The first-order valence-corrected chi connectivity index (χ1v) is 9.26. The summed E-state index contributed by atoms with van der Waals surface area (Å²) in [5, 5.41) is 9.51. The smallest absolute Gasteiger partial charge is 0.407 e. The number of benzene rings is 1. The largest absolute Gasteiger partial charge is 0.494 e. The molecular formula is C19H31IN4O3. The Balaban J connectivity index is 0.00000364. The molecule has 0 aromatic heterocycles. The molecule has 0 heterocycles. The zero-order valence-corrected chi connectivity index (χ0v) is 18.6. The van der Waals surface area contributed by atoms with Crippen LogP contribution >= 0.6 is 24.0 Å². The van der Waals surface area contributed by atoms with Crippen molar-refractivity contribution in [2.75, 3.05) is 26.8 Å². The van der Waals surface area contributed by atoms with E-state index in [1.807, 2.05) is 31.2 Å². The maximum Gasteiger partial charge on any atom is 0.407 e. The van der Waals surface area contributed by atoms with Gasteiger partial charge < -0.3 is 25.4 Å². The number of nitrogens with one attached hydrogen (secondary N) is 3. The second kappa shape index (κ2) is 12.6. The minimum absolute atomic E-state index is 0. The molecule has 3 N–H and O–H groups in total. The van der Waals surface area contributed by atoms with Crippen molar-refractivity contribution in [2.24, 2.45) is 10.9 Å². The van der Waals surface area contributed by atoms with E-state index in [4.69, 9.17) is 9.47 Å². The fourth-order valence-corrected chi connectivity index (χ4v) is 2.71. The van der Waals surface area contributed by atoms with Gasteiger partial charge >= 0.3 is 6.09 Å². The van der Waals surface area contributed by atoms with Crippen LogP contribution in [-0.4, -0.2) is 44.9 Å². The maximum atomic E-state index is 11.7. The zero-order chi connectivity index (χ0) is 18.8. The predicted molar refractivity (Wildman–Crippen MR) is 118 cm³/mol. The monoisotopic (exact) mass is 490 g/mol. The van der Waals surface area contributed by atoms with Crippen LogP contribution in [0.2, 0.25) is 0 Å². The van der Waals surface area contributed by atoms with Crippen molar-refractivity contribution < 1.29 is 14.3 Å². The average molecular weight is 490 g/mol. The van der Waals surface area contributed by atoms with Gasteiger partial charge in [0.05, 0.1) is 19.3 Å². The number of amides is 1. The van der Waals surface area contributed by atoms with E-state index in [1.165, 1.54) is 0 Å². The summed E-state index contributed by atoms with van der Waals surface area (Å²) < 4.78 is 10.6. The summed E-state index contributed by atoms with van der Waals surface area (Å²) in [5.41, 5.74) is 1.07. The topological polar surface area (TPSA) is 84.0 Å². The van der Waals surface area contributed by atoms with Crippen LogP contribution in [0.5, 0.6) is 5.75 Å². The van der Waals surface area contributed by atoms with Crippen molar-refractivity contribution >= 4 is 36.0 Å². The molecule has 1 aliphatic rings. The van der Waals surface area contributed by atoms with Gasteiger partial charge in [-0.25, -0.2) is 4.79 Å². The second-order valence-corrected chi connectivity index (χ2v) is 6.16. The Hall–Kier alpha value is -1.71. The SMILES string of the molecule is CCOC(=O)NC(CNC(=NC)NCc1ccccc1OCC)C1CC1.I. The lowest BCUT2D eigenvalue weighted by Gasteiger charge is -2.20. The highest BCUT2D eigenvalue weighted by molar-refractivity contribution is 14.0. The van der Waals surface area contributed by atoms with Gasteiger partial charge in [0, 0.05) is 25.7 Å². The molecule has 1 atom stereocenters. The van der Waals surface area contributed by atoms with Crippen LogP contribution in [0.3, 0.4) is 0 Å². The minimum Gasteiger partial charge on any atom is -0.494 e. The summed E-state index contributed by atoms with van der Waals surface area (Å²) in [6, 6.07) is 7.98. The van der Waals surface area contributed by atoms with Crippen LogP contribution in [0, 0.1) is 5.92 Å². The van der Waals surface area contributed by atoms with Gasteiger partial charge in [0.2, 0.25) is 0 Å². The number of ether oxygens (including phenoxy) is 2. The third-order valence-electron chi connectivity index (χ3n) is 4.20. The maximum absolute atomic E-state index is 11.7. The molecule has 1 aliphatic carbocycles. The zero-order valence-electron chi connectivity index (χ0n) is 16.3. The highest BCUT2D eigenvalue weighted by atomic mass is 127. The molecule has 2 rings (SSSR count). The normalized spacial score (nSPS) is 14.6. The van der Waals surface area contributed by atoms with Crippen molar-refractivity contribution in [3.8, 4) is 5.75 Å². The molecule has 0 radical (unpaired) electrons. The molecule has 0 aliphatic heterocycles. The van der Waals surface area contributed by atoms with Gasteiger partial charge in [-0.05, 0) is 38.7 Å². The van der Waals surface area contributed by atoms with E-state index >= 15 is 0 Å². The third-order valence-corrected chi connectivity index (χ3v) is 4.20. The molecule has 152 valence electrons. The molecule has 1 amide bonds. The quantitative estimate of drug-likeness (QED) is 0.282. The Morgan fingerprint density at radius 2 is 1.96 bits per heavy atom. The van der Waals surface area contributed by atoms with Crippen LogP contribution in [0.1, 0.15) is 32.3 Å². The van der Waals surface area contributed by atoms with E-state index in [2.05, 4.69) is 20.9 Å². The fraction of sp³-hybridized carbons (Fsp3) is 0.579. The van der Waals surface area contributed by atoms with Gasteiger partial charge in [-0.1, -0.05) is 18.2 Å². The van der Waals surface area contributed by atoms with Gasteiger partial charge in [0.25, 0.3) is 0 Å². The number of para-hydroxylation sites is 1. The second-order valence-electron chi connectivity index (χ2n) is 6.16. The van der Waals surface area contributed by atoms with Gasteiger partial charge in [0.1, 0.15) is 5.75 Å². The molecule has 27 heavy (non-hydrogen) atoms. The molecule has 8 heteroatoms. The predicted octanol–water partition coefficient (Wildman–Crippen LogP) is 2.89. The van der Waals surface area contributed by atoms with Crippen LogP contribution in [-0.2, 0) is 11.3 Å². The Bertz CT molecular complexity index is 608. The Kier molecular flexibility index (Phi) is 10.9. The van der Waals surface area contributed by atoms with Crippen LogP contribution in [0.25, 0.3) is 0 Å². The first-order chi connectivity index (χ1) is 12.7. The molecule has 1 unspecified atom stereocenters. The van der Waals surface area contributed by atoms with Crippen molar-refractivity contribution in [1.82, 2.24) is 16.0 Å². The van der Waals surface area contributed by atoms with Crippen molar-refractivity contribution in [1.29, 1.82) is 0 Å². The molecular weight excluding hydrogens is 459 g/mol. The van der Waals surface area contributed by atoms with E-state index in [0.717, 1.165) is 24.2 Å². The van der Waals surface area contributed by atoms with E-state index in [1.54, 1.807) is 14.0 Å². The number of rotatable bonds is 9. The van der Waals surface area contributed by atoms with Gasteiger partial charge in [0.15, 0.2) is 5.96 Å². The summed E-state index contributed by atoms with van der Waals surface area (Å²) in [6.07, 6.45) is 1.90. The highest BCUT2D eigenvalue weighted by Crippen LogP contribution is 2.32. The first kappa shape index (κ1) is 23.3. The number of carbonyl (C=O) groups is 1. The molecule has 0 bridgehead atoms. The summed E-state index contributed by atoms with van der Waals surface area (Å²) in [5.74, 6) is 2.06. The number of alkyl carbamates (subject to hydrolysis) is 1. The Morgan fingerprint density at radius 3 is 2.59 bits per heavy atom. The number of carbonyl (C=O) groups excluding carboxylic acids is 1. The van der Waals surface area contributed by atoms with Gasteiger partial charge in [-0.15, -0.1) is 24.0 Å². The van der Waals surface area contributed by atoms with Gasteiger partial charge in [-0.3, -0.25) is 4.99 Å². The third kappa shape index (κ3) is 8.23. The number of aliphatic imine (C=N–C) groups is 1. The lowest BCUT2D eigenvalue weighted by molar-refractivity contribution is 0.146.